The van der Waals surface area contributed by atoms with E-state index in [1.54, 1.807) is 12.1 Å². The Morgan fingerprint density at radius 3 is 2.53 bits per heavy atom. The van der Waals surface area contributed by atoms with Gasteiger partial charge in [-0.25, -0.2) is 19.9 Å². The predicted octanol–water partition coefficient (Wildman–Crippen LogP) is 2.52. The summed E-state index contributed by atoms with van der Waals surface area (Å²) in [5.74, 6) is 0.459. The average Bonchev–Trinajstić information content (AvgIpc) is 2.79. The summed E-state index contributed by atoms with van der Waals surface area (Å²) in [6.45, 7) is 1.91. The molecule has 1 aliphatic heterocycles. The molecule has 0 aromatic carbocycles. The topological polar surface area (TPSA) is 124 Å². The molecule has 4 rings (SSSR count). The Kier molecular flexibility index (Phi) is 5.90. The Bertz CT molecular complexity index is 1090. The normalized spacial score (nSPS) is 14.3. The minimum atomic E-state index is -4.75. The molecule has 4 heterocycles. The first-order valence-electron chi connectivity index (χ1n) is 9.52. The van der Waals surface area contributed by atoms with Gasteiger partial charge in [-0.3, -0.25) is 0 Å². The summed E-state index contributed by atoms with van der Waals surface area (Å²) in [5, 5.41) is 3.04. The highest BCUT2D eigenvalue weighted by atomic mass is 19.4. The second-order valence-electron chi connectivity index (χ2n) is 6.74. The summed E-state index contributed by atoms with van der Waals surface area (Å²) in [5.41, 5.74) is 4.48. The van der Waals surface area contributed by atoms with Crippen molar-refractivity contribution in [3.05, 3.63) is 36.3 Å². The molecule has 32 heavy (non-hydrogen) atoms. The number of nitrogen functional groups attached to an aromatic ring is 1. The van der Waals surface area contributed by atoms with Crippen LogP contribution >= 0.6 is 0 Å². The monoisotopic (exact) mass is 448 g/mol. The van der Waals surface area contributed by atoms with Crippen LogP contribution in [0.3, 0.4) is 0 Å². The third-order valence-electron chi connectivity index (χ3n) is 4.58. The van der Waals surface area contributed by atoms with Gasteiger partial charge in [0.05, 0.1) is 37.9 Å². The van der Waals surface area contributed by atoms with Crippen LogP contribution in [0.5, 0.6) is 5.88 Å². The molecule has 0 atom stereocenters. The van der Waals surface area contributed by atoms with Crippen molar-refractivity contribution in [3.8, 4) is 17.1 Å². The number of alkyl halides is 3. The quantitative estimate of drug-likeness (QED) is 0.602. The van der Waals surface area contributed by atoms with Crippen LogP contribution in [0.25, 0.3) is 11.3 Å². The lowest BCUT2D eigenvalue weighted by atomic mass is 10.1. The molecule has 10 nitrogen and oxygen atoms in total. The van der Waals surface area contributed by atoms with Crippen LogP contribution in [-0.4, -0.2) is 58.3 Å². The molecule has 0 aliphatic carbocycles. The molecule has 0 saturated carbocycles. The third-order valence-corrected chi connectivity index (χ3v) is 4.58. The summed E-state index contributed by atoms with van der Waals surface area (Å²) in [7, 11) is 1.49. The van der Waals surface area contributed by atoms with Gasteiger partial charge in [0.1, 0.15) is 5.82 Å². The van der Waals surface area contributed by atoms with E-state index in [4.69, 9.17) is 15.2 Å². The van der Waals surface area contributed by atoms with Crippen molar-refractivity contribution in [1.29, 1.82) is 0 Å². The van der Waals surface area contributed by atoms with E-state index in [9.17, 15) is 13.2 Å². The number of rotatable bonds is 5. The number of ether oxygens (including phenoxy) is 2. The van der Waals surface area contributed by atoms with E-state index in [2.05, 4.69) is 30.2 Å². The zero-order valence-corrected chi connectivity index (χ0v) is 16.9. The molecule has 3 aromatic rings. The lowest BCUT2D eigenvalue weighted by Crippen LogP contribution is -2.37. The molecule has 0 unspecified atom stereocenters. The number of nitrogens with zero attached hydrogens (tertiary/aromatic N) is 6. The molecular formula is C19H19F3N8O2. The van der Waals surface area contributed by atoms with Crippen LogP contribution in [0.2, 0.25) is 0 Å². The summed E-state index contributed by atoms with van der Waals surface area (Å²) in [4.78, 5) is 21.9. The Hall–Kier alpha value is -3.74. The zero-order valence-electron chi connectivity index (χ0n) is 16.9. The summed E-state index contributed by atoms with van der Waals surface area (Å²) < 4.78 is 51.3. The number of nitrogens with one attached hydrogen (secondary N) is 1. The second kappa shape index (κ2) is 8.78. The number of hydrogen-bond donors (Lipinski definition) is 2. The molecule has 1 saturated heterocycles. The van der Waals surface area contributed by atoms with Crippen molar-refractivity contribution in [2.45, 2.75) is 6.18 Å². The van der Waals surface area contributed by atoms with Gasteiger partial charge in [-0.2, -0.15) is 18.2 Å². The lowest BCUT2D eigenvalue weighted by Gasteiger charge is -2.27. The molecule has 1 fully saturated rings. The fraction of sp³-hybridized carbons (Fsp3) is 0.316. The highest BCUT2D eigenvalue weighted by molar-refractivity contribution is 5.69. The SMILES string of the molecule is COc1ccc(Nc2cc(-c3cnc(N)nc3C(F)(F)F)nc(N3CCOCC3)n2)cn1. The highest BCUT2D eigenvalue weighted by Gasteiger charge is 2.37. The van der Waals surface area contributed by atoms with Crippen molar-refractivity contribution >= 4 is 23.4 Å². The largest absolute Gasteiger partial charge is 0.481 e. The van der Waals surface area contributed by atoms with E-state index in [0.29, 0.717) is 37.9 Å². The summed E-state index contributed by atoms with van der Waals surface area (Å²) in [6.07, 6.45) is -2.22. The molecule has 3 aromatic heterocycles. The number of halogens is 3. The standard InChI is InChI=1S/C19H19F3N8O2/c1-31-15-3-2-11(9-24-15)26-14-8-13(27-18(28-14)30-4-6-32-7-5-30)12-10-25-17(23)29-16(12)19(20,21)22/h2-3,8-10H,4-7H2,1H3,(H2,23,25,29)(H,26,27,28). The van der Waals surface area contributed by atoms with Crippen molar-refractivity contribution in [3.63, 3.8) is 0 Å². The Morgan fingerprint density at radius 1 is 1.09 bits per heavy atom. The number of anilines is 4. The first-order chi connectivity index (χ1) is 15.3. The van der Waals surface area contributed by atoms with E-state index < -0.39 is 17.8 Å². The van der Waals surface area contributed by atoms with Crippen molar-refractivity contribution < 1.29 is 22.6 Å². The minimum Gasteiger partial charge on any atom is -0.481 e. The maximum absolute atomic E-state index is 13.6. The predicted molar refractivity (Wildman–Crippen MR) is 110 cm³/mol. The Labute approximate surface area is 180 Å². The molecule has 168 valence electrons. The van der Waals surface area contributed by atoms with Gasteiger partial charge in [-0.05, 0) is 6.07 Å². The van der Waals surface area contributed by atoms with Crippen molar-refractivity contribution in [2.24, 2.45) is 0 Å². The number of methoxy groups -OCH3 is 1. The lowest BCUT2D eigenvalue weighted by molar-refractivity contribution is -0.140. The fourth-order valence-corrected chi connectivity index (χ4v) is 3.06. The molecule has 1 aliphatic rings. The van der Waals surface area contributed by atoms with Gasteiger partial charge in [0.2, 0.25) is 17.8 Å². The van der Waals surface area contributed by atoms with E-state index in [0.717, 1.165) is 6.20 Å². The maximum atomic E-state index is 13.6. The second-order valence-corrected chi connectivity index (χ2v) is 6.74. The van der Waals surface area contributed by atoms with Crippen LogP contribution in [0.1, 0.15) is 5.69 Å². The van der Waals surface area contributed by atoms with Crippen LogP contribution in [0.4, 0.5) is 36.6 Å². The van der Waals surface area contributed by atoms with Gasteiger partial charge in [-0.1, -0.05) is 0 Å². The van der Waals surface area contributed by atoms with Gasteiger partial charge < -0.3 is 25.4 Å². The molecule has 0 bridgehead atoms. The highest BCUT2D eigenvalue weighted by Crippen LogP contribution is 2.36. The molecule has 13 heteroatoms. The minimum absolute atomic E-state index is 0.00205. The molecular weight excluding hydrogens is 429 g/mol. The van der Waals surface area contributed by atoms with Crippen LogP contribution in [0, 0.1) is 0 Å². The van der Waals surface area contributed by atoms with E-state index in [-0.39, 0.29) is 23.0 Å². The molecule has 0 radical (unpaired) electrons. The summed E-state index contributed by atoms with van der Waals surface area (Å²) in [6, 6.07) is 4.73. The van der Waals surface area contributed by atoms with Gasteiger partial charge in [-0.15, -0.1) is 0 Å². The number of nitrogens with two attached hydrogens (primary N) is 1. The number of aromatic nitrogens is 5. The Balaban J connectivity index is 1.79. The van der Waals surface area contributed by atoms with Gasteiger partial charge in [0.25, 0.3) is 0 Å². The zero-order chi connectivity index (χ0) is 22.7. The Morgan fingerprint density at radius 2 is 1.88 bits per heavy atom. The molecule has 0 spiro atoms. The smallest absolute Gasteiger partial charge is 0.434 e. The maximum Gasteiger partial charge on any atom is 0.434 e. The first-order valence-corrected chi connectivity index (χ1v) is 9.52. The first kappa shape index (κ1) is 21.5. The number of hydrogen-bond acceptors (Lipinski definition) is 10. The third kappa shape index (κ3) is 4.77. The molecule has 0 amide bonds. The van der Waals surface area contributed by atoms with E-state index in [1.807, 2.05) is 4.90 Å². The van der Waals surface area contributed by atoms with Gasteiger partial charge in [0, 0.05) is 37.0 Å². The fourth-order valence-electron chi connectivity index (χ4n) is 3.06. The van der Waals surface area contributed by atoms with Crippen molar-refractivity contribution in [2.75, 3.05) is 49.4 Å². The van der Waals surface area contributed by atoms with E-state index in [1.165, 1.54) is 19.4 Å². The van der Waals surface area contributed by atoms with Crippen LogP contribution in [-0.2, 0) is 10.9 Å². The number of morpholine rings is 1. The van der Waals surface area contributed by atoms with E-state index >= 15 is 0 Å². The number of pyridine rings is 1. The van der Waals surface area contributed by atoms with Gasteiger partial charge >= 0.3 is 6.18 Å². The van der Waals surface area contributed by atoms with Crippen LogP contribution in [0.15, 0.2) is 30.6 Å². The molecule has 3 N–H and O–H groups in total. The average molecular weight is 448 g/mol. The summed E-state index contributed by atoms with van der Waals surface area (Å²) >= 11 is 0. The van der Waals surface area contributed by atoms with Gasteiger partial charge in [0.15, 0.2) is 5.69 Å². The van der Waals surface area contributed by atoms with Crippen molar-refractivity contribution in [1.82, 2.24) is 24.9 Å². The van der Waals surface area contributed by atoms with Crippen LogP contribution < -0.4 is 20.7 Å².